The van der Waals surface area contributed by atoms with E-state index in [4.69, 9.17) is 0 Å². The Morgan fingerprint density at radius 1 is 0.919 bits per heavy atom. The number of benzene rings is 3. The van der Waals surface area contributed by atoms with Crippen molar-refractivity contribution in [3.63, 3.8) is 0 Å². The summed E-state index contributed by atoms with van der Waals surface area (Å²) in [7, 11) is 0. The van der Waals surface area contributed by atoms with Gasteiger partial charge in [-0.25, -0.2) is 14.0 Å². The first-order chi connectivity index (χ1) is 17.7. The van der Waals surface area contributed by atoms with Crippen LogP contribution in [0.4, 0.5) is 20.6 Å². The standard InChI is InChI=1S/C29H28FN3O4/c1-16(2)26(28(35)36)33-15-21-7-6-19(13-23(21)27(33)34)20-9-11-25(24(30)14-20)32-29(37)31-22-10-8-17-4-3-5-18(17)12-22/h6-14,16,26H,3-5,15H2,1-2H3,(H,35,36)(H2,31,32,37)/t26-/m0/s1. The van der Waals surface area contributed by atoms with Crippen LogP contribution in [0, 0.1) is 11.7 Å². The van der Waals surface area contributed by atoms with Crippen molar-refractivity contribution in [2.75, 3.05) is 10.6 Å². The number of carboxylic acids is 1. The average molecular weight is 502 g/mol. The molecular formula is C29H28FN3O4. The Labute approximate surface area is 214 Å². The smallest absolute Gasteiger partial charge is 0.326 e. The minimum Gasteiger partial charge on any atom is -0.480 e. The van der Waals surface area contributed by atoms with Crippen LogP contribution in [0.25, 0.3) is 11.1 Å². The van der Waals surface area contributed by atoms with E-state index in [0.717, 1.165) is 24.8 Å². The summed E-state index contributed by atoms with van der Waals surface area (Å²) < 4.78 is 14.9. The number of aryl methyl sites for hydroxylation is 2. The van der Waals surface area contributed by atoms with Gasteiger partial charge in [0.05, 0.1) is 5.69 Å². The third-order valence-corrected chi connectivity index (χ3v) is 7.07. The van der Waals surface area contributed by atoms with E-state index < -0.39 is 23.9 Å². The molecule has 1 aliphatic carbocycles. The third-order valence-electron chi connectivity index (χ3n) is 7.07. The molecule has 0 unspecified atom stereocenters. The highest BCUT2D eigenvalue weighted by atomic mass is 19.1. The fourth-order valence-corrected chi connectivity index (χ4v) is 5.24. The third kappa shape index (κ3) is 4.79. The summed E-state index contributed by atoms with van der Waals surface area (Å²) >= 11 is 0. The Morgan fingerprint density at radius 2 is 1.62 bits per heavy atom. The summed E-state index contributed by atoms with van der Waals surface area (Å²) in [6.45, 7) is 3.76. The highest BCUT2D eigenvalue weighted by Crippen LogP contribution is 2.32. The maximum Gasteiger partial charge on any atom is 0.326 e. The van der Waals surface area contributed by atoms with Crippen molar-refractivity contribution in [2.24, 2.45) is 5.92 Å². The zero-order valence-electron chi connectivity index (χ0n) is 20.7. The molecule has 0 fully saturated rings. The lowest BCUT2D eigenvalue weighted by Gasteiger charge is -2.27. The average Bonchev–Trinajstić information content (AvgIpc) is 3.44. The molecule has 0 bridgehead atoms. The van der Waals surface area contributed by atoms with Crippen LogP contribution < -0.4 is 10.6 Å². The molecule has 2 aliphatic rings. The van der Waals surface area contributed by atoms with Crippen LogP contribution in [-0.2, 0) is 24.2 Å². The fraction of sp³-hybridized carbons (Fsp3) is 0.276. The van der Waals surface area contributed by atoms with Gasteiger partial charge in [-0.15, -0.1) is 0 Å². The molecule has 0 aromatic heterocycles. The minimum atomic E-state index is -1.04. The van der Waals surface area contributed by atoms with Gasteiger partial charge in [-0.1, -0.05) is 38.1 Å². The zero-order chi connectivity index (χ0) is 26.3. The first kappa shape index (κ1) is 24.5. The van der Waals surface area contributed by atoms with E-state index in [1.165, 1.54) is 28.2 Å². The topological polar surface area (TPSA) is 98.7 Å². The molecule has 1 heterocycles. The molecule has 3 aromatic rings. The first-order valence-electron chi connectivity index (χ1n) is 12.4. The van der Waals surface area contributed by atoms with Crippen LogP contribution in [0.5, 0.6) is 0 Å². The van der Waals surface area contributed by atoms with E-state index in [9.17, 15) is 23.9 Å². The molecule has 3 aromatic carbocycles. The van der Waals surface area contributed by atoms with Gasteiger partial charge >= 0.3 is 12.0 Å². The quantitative estimate of drug-likeness (QED) is 0.404. The van der Waals surface area contributed by atoms with Gasteiger partial charge in [-0.2, -0.15) is 0 Å². The van der Waals surface area contributed by atoms with E-state index >= 15 is 0 Å². The van der Waals surface area contributed by atoms with Crippen molar-refractivity contribution >= 4 is 29.3 Å². The van der Waals surface area contributed by atoms with Gasteiger partial charge in [-0.05, 0) is 83.3 Å². The van der Waals surface area contributed by atoms with E-state index in [2.05, 4.69) is 10.6 Å². The molecule has 8 heteroatoms. The van der Waals surface area contributed by atoms with Gasteiger partial charge < -0.3 is 20.6 Å². The molecule has 0 saturated heterocycles. The number of carboxylic acid groups (broad SMARTS) is 1. The lowest BCUT2D eigenvalue weighted by Crippen LogP contribution is -2.44. The van der Waals surface area contributed by atoms with Crippen molar-refractivity contribution in [1.29, 1.82) is 0 Å². The summed E-state index contributed by atoms with van der Waals surface area (Å²) in [4.78, 5) is 38.6. The summed E-state index contributed by atoms with van der Waals surface area (Å²) in [5.74, 6) is -2.24. The molecule has 3 N–H and O–H groups in total. The number of carbonyl (C=O) groups excluding carboxylic acids is 2. The van der Waals surface area contributed by atoms with Crippen LogP contribution in [-0.4, -0.2) is 34.0 Å². The Bertz CT molecular complexity index is 1420. The maximum absolute atomic E-state index is 14.9. The predicted molar refractivity (Wildman–Crippen MR) is 139 cm³/mol. The van der Waals surface area contributed by atoms with Crippen molar-refractivity contribution in [3.8, 4) is 11.1 Å². The Morgan fingerprint density at radius 3 is 2.35 bits per heavy atom. The number of nitrogens with zero attached hydrogens (tertiary/aromatic N) is 1. The fourth-order valence-electron chi connectivity index (χ4n) is 5.24. The van der Waals surface area contributed by atoms with Crippen molar-refractivity contribution < 1.29 is 23.9 Å². The Balaban J connectivity index is 1.30. The summed E-state index contributed by atoms with van der Waals surface area (Å²) in [6.07, 6.45) is 3.16. The Kier molecular flexibility index (Phi) is 6.41. The van der Waals surface area contributed by atoms with Crippen LogP contribution in [0.2, 0.25) is 0 Å². The SMILES string of the molecule is CC(C)[C@@H](C(=O)O)N1Cc2ccc(-c3ccc(NC(=O)Nc4ccc5c(c4)CCC5)c(F)c3)cc2C1=O. The van der Waals surface area contributed by atoms with Crippen LogP contribution in [0.3, 0.4) is 0 Å². The number of hydrogen-bond acceptors (Lipinski definition) is 3. The predicted octanol–water partition coefficient (Wildman–Crippen LogP) is 5.69. The number of hydrogen-bond donors (Lipinski definition) is 3. The molecule has 0 spiro atoms. The molecule has 0 saturated carbocycles. The number of fused-ring (bicyclic) bond motifs is 2. The zero-order valence-corrected chi connectivity index (χ0v) is 20.7. The summed E-state index contributed by atoms with van der Waals surface area (Å²) in [6, 6.07) is 14.0. The van der Waals surface area contributed by atoms with Crippen molar-refractivity contribution in [2.45, 2.75) is 45.7 Å². The van der Waals surface area contributed by atoms with E-state index in [1.807, 2.05) is 18.2 Å². The van der Waals surface area contributed by atoms with Crippen molar-refractivity contribution in [1.82, 2.24) is 4.90 Å². The summed E-state index contributed by atoms with van der Waals surface area (Å²) in [5.41, 5.74) is 5.54. The highest BCUT2D eigenvalue weighted by molar-refractivity contribution is 6.02. The number of halogens is 1. The monoisotopic (exact) mass is 501 g/mol. The first-order valence-corrected chi connectivity index (χ1v) is 12.4. The maximum atomic E-state index is 14.9. The normalized spacial score (nSPS) is 14.9. The van der Waals surface area contributed by atoms with Crippen LogP contribution in [0.15, 0.2) is 54.6 Å². The second-order valence-corrected chi connectivity index (χ2v) is 9.94. The molecule has 1 aliphatic heterocycles. The lowest BCUT2D eigenvalue weighted by molar-refractivity contribution is -0.144. The minimum absolute atomic E-state index is 0.0343. The molecular weight excluding hydrogens is 473 g/mol. The largest absolute Gasteiger partial charge is 0.480 e. The second kappa shape index (κ2) is 9.69. The van der Waals surface area contributed by atoms with Gasteiger partial charge in [0.25, 0.3) is 5.91 Å². The van der Waals surface area contributed by atoms with Crippen LogP contribution in [0.1, 0.15) is 47.3 Å². The molecule has 190 valence electrons. The number of nitrogens with one attached hydrogen (secondary N) is 2. The molecule has 37 heavy (non-hydrogen) atoms. The van der Waals surface area contributed by atoms with Crippen LogP contribution >= 0.6 is 0 Å². The van der Waals surface area contributed by atoms with Gasteiger partial charge in [0, 0.05) is 17.8 Å². The second-order valence-electron chi connectivity index (χ2n) is 9.94. The van der Waals surface area contributed by atoms with Gasteiger partial charge in [0.15, 0.2) is 0 Å². The Hall–Kier alpha value is -4.20. The van der Waals surface area contributed by atoms with E-state index in [-0.39, 0.29) is 24.1 Å². The van der Waals surface area contributed by atoms with Gasteiger partial charge in [-0.3, -0.25) is 4.79 Å². The summed E-state index contributed by atoms with van der Waals surface area (Å²) in [5, 5.41) is 14.9. The number of urea groups is 1. The van der Waals surface area contributed by atoms with E-state index in [0.29, 0.717) is 22.4 Å². The number of carbonyl (C=O) groups is 3. The molecule has 3 amide bonds. The number of anilines is 2. The molecule has 0 radical (unpaired) electrons. The number of amides is 3. The lowest BCUT2D eigenvalue weighted by atomic mass is 10.00. The molecule has 1 atom stereocenters. The van der Waals surface area contributed by atoms with Gasteiger partial charge in [0.1, 0.15) is 11.9 Å². The number of rotatable bonds is 6. The van der Waals surface area contributed by atoms with Crippen molar-refractivity contribution in [3.05, 3.63) is 82.7 Å². The van der Waals surface area contributed by atoms with Gasteiger partial charge in [0.2, 0.25) is 0 Å². The molecule has 5 rings (SSSR count). The van der Waals surface area contributed by atoms with E-state index in [1.54, 1.807) is 38.1 Å². The number of aliphatic carboxylic acids is 1. The molecule has 7 nitrogen and oxygen atoms in total. The highest BCUT2D eigenvalue weighted by Gasteiger charge is 2.38.